The molecule has 1 heterocycles. The zero-order valence-electron chi connectivity index (χ0n) is 10.4. The van der Waals surface area contributed by atoms with Crippen LogP contribution in [0, 0.1) is 0 Å². The molecule has 0 saturated carbocycles. The lowest BCUT2D eigenvalue weighted by Gasteiger charge is -2.47. The minimum absolute atomic E-state index is 0.191. The molecular weight excluding hydrogens is 320 g/mol. The molecule has 90 valence electrons. The summed E-state index contributed by atoms with van der Waals surface area (Å²) >= 11 is 2.48. The highest BCUT2D eigenvalue weighted by Gasteiger charge is 2.38. The summed E-state index contributed by atoms with van der Waals surface area (Å²) in [5, 5.41) is 0. The number of alkyl halides is 1. The number of ether oxygens (including phenoxy) is 1. The van der Waals surface area contributed by atoms with E-state index in [1.54, 1.807) is 0 Å². The predicted molar refractivity (Wildman–Crippen MR) is 77.8 cm³/mol. The van der Waals surface area contributed by atoms with E-state index in [0.29, 0.717) is 6.10 Å². The molecule has 0 aromatic heterocycles. The van der Waals surface area contributed by atoms with Crippen LogP contribution in [0.25, 0.3) is 0 Å². The van der Waals surface area contributed by atoms with Gasteiger partial charge in [-0.25, -0.2) is 0 Å². The second kappa shape index (κ2) is 4.75. The fraction of sp³-hybridized carbons (Fsp3) is 1.00. The Balaban J connectivity index is 2.73. The third-order valence-corrected chi connectivity index (χ3v) is 3.90. The lowest BCUT2D eigenvalue weighted by molar-refractivity contribution is -0.0814. The SMILES string of the molecule is CC(C)(I)C1CN(C(C)(C)C)CC(P)O1. The summed E-state index contributed by atoms with van der Waals surface area (Å²) < 4.78 is 6.18. The molecule has 2 nitrogen and oxygen atoms in total. The number of nitrogens with zero attached hydrogens (tertiary/aromatic N) is 1. The van der Waals surface area contributed by atoms with Crippen molar-refractivity contribution in [1.82, 2.24) is 4.90 Å². The second-order valence-corrected chi connectivity index (χ2v) is 9.33. The van der Waals surface area contributed by atoms with Crippen LogP contribution in [0.3, 0.4) is 0 Å². The summed E-state index contributed by atoms with van der Waals surface area (Å²) in [6, 6.07) is 0. The van der Waals surface area contributed by atoms with E-state index in [1.807, 2.05) is 0 Å². The largest absolute Gasteiger partial charge is 0.367 e. The van der Waals surface area contributed by atoms with Gasteiger partial charge in [0.2, 0.25) is 0 Å². The molecule has 0 amide bonds. The first-order valence-electron chi connectivity index (χ1n) is 5.45. The molecule has 4 heteroatoms. The molecule has 3 unspecified atom stereocenters. The van der Waals surface area contributed by atoms with Gasteiger partial charge in [-0.2, -0.15) is 0 Å². The van der Waals surface area contributed by atoms with Gasteiger partial charge in [-0.3, -0.25) is 4.90 Å². The fourth-order valence-corrected chi connectivity index (χ4v) is 2.50. The molecule has 0 aliphatic carbocycles. The van der Waals surface area contributed by atoms with Gasteiger partial charge < -0.3 is 4.74 Å². The number of halogens is 1. The number of morpholine rings is 1. The van der Waals surface area contributed by atoms with Gasteiger partial charge in [0, 0.05) is 22.1 Å². The average Bonchev–Trinajstić information content (AvgIpc) is 1.99. The van der Waals surface area contributed by atoms with E-state index >= 15 is 0 Å². The standard InChI is InChI=1S/C11H23INOP/c1-10(2,3)13-6-8(11(4,5)12)14-9(15)7-13/h8-9H,6-7,15H2,1-5H3. The van der Waals surface area contributed by atoms with Gasteiger partial charge in [0.05, 0.1) is 11.9 Å². The zero-order chi connectivity index (χ0) is 11.9. The van der Waals surface area contributed by atoms with Crippen LogP contribution >= 0.6 is 31.8 Å². The second-order valence-electron chi connectivity index (χ2n) is 5.80. The van der Waals surface area contributed by atoms with Gasteiger partial charge in [0.1, 0.15) is 0 Å². The Labute approximate surface area is 110 Å². The first kappa shape index (κ1) is 14.1. The lowest BCUT2D eigenvalue weighted by atomic mass is 10.00. The van der Waals surface area contributed by atoms with Gasteiger partial charge in [0.15, 0.2) is 0 Å². The molecule has 1 fully saturated rings. The molecule has 0 radical (unpaired) electrons. The molecule has 0 N–H and O–H groups in total. The van der Waals surface area contributed by atoms with Crippen molar-refractivity contribution in [2.45, 2.75) is 55.5 Å². The molecule has 3 atom stereocenters. The summed E-state index contributed by atoms with van der Waals surface area (Å²) in [6.45, 7) is 13.3. The number of hydrogen-bond acceptors (Lipinski definition) is 2. The molecule has 0 spiro atoms. The van der Waals surface area contributed by atoms with Gasteiger partial charge in [-0.1, -0.05) is 22.6 Å². The van der Waals surface area contributed by atoms with E-state index in [0.717, 1.165) is 13.1 Å². The quantitative estimate of drug-likeness (QED) is 0.412. The topological polar surface area (TPSA) is 12.5 Å². The van der Waals surface area contributed by atoms with Gasteiger partial charge >= 0.3 is 0 Å². The first-order valence-corrected chi connectivity index (χ1v) is 7.20. The maximum Gasteiger partial charge on any atom is 0.0851 e. The first-order chi connectivity index (χ1) is 6.60. The van der Waals surface area contributed by atoms with E-state index in [9.17, 15) is 0 Å². The summed E-state index contributed by atoms with van der Waals surface area (Å²) in [5.74, 6) is 0.261. The molecule has 1 saturated heterocycles. The molecule has 0 aromatic rings. The van der Waals surface area contributed by atoms with Crippen LogP contribution in [-0.2, 0) is 4.74 Å². The van der Waals surface area contributed by atoms with Crippen LogP contribution < -0.4 is 0 Å². The summed E-state index contributed by atoms with van der Waals surface area (Å²) in [7, 11) is 2.80. The fourth-order valence-electron chi connectivity index (χ4n) is 1.72. The minimum Gasteiger partial charge on any atom is -0.367 e. The lowest BCUT2D eigenvalue weighted by Crippen LogP contribution is -2.57. The highest BCUT2D eigenvalue weighted by atomic mass is 127. The Bertz CT molecular complexity index is 200. The monoisotopic (exact) mass is 343 g/mol. The van der Waals surface area contributed by atoms with Crippen LogP contribution in [0.4, 0.5) is 0 Å². The Kier molecular flexibility index (Phi) is 4.48. The molecule has 1 aliphatic rings. The highest BCUT2D eigenvalue weighted by Crippen LogP contribution is 2.32. The predicted octanol–water partition coefficient (Wildman–Crippen LogP) is 2.90. The maximum atomic E-state index is 5.99. The summed E-state index contributed by atoms with van der Waals surface area (Å²) in [6.07, 6.45) is 0.313. The normalized spacial score (nSPS) is 30.6. The number of rotatable bonds is 1. The third-order valence-electron chi connectivity index (χ3n) is 2.84. The van der Waals surface area contributed by atoms with E-state index in [-0.39, 0.29) is 14.8 Å². The maximum absolute atomic E-state index is 5.99. The molecule has 0 bridgehead atoms. The molecule has 15 heavy (non-hydrogen) atoms. The molecule has 1 rings (SSSR count). The van der Waals surface area contributed by atoms with Crippen molar-refractivity contribution < 1.29 is 4.74 Å². The van der Waals surface area contributed by atoms with Crippen molar-refractivity contribution in [3.63, 3.8) is 0 Å². The van der Waals surface area contributed by atoms with Crippen molar-refractivity contribution in [1.29, 1.82) is 0 Å². The Morgan fingerprint density at radius 1 is 1.20 bits per heavy atom. The van der Waals surface area contributed by atoms with Crippen LogP contribution in [0.15, 0.2) is 0 Å². The van der Waals surface area contributed by atoms with E-state index < -0.39 is 0 Å². The minimum atomic E-state index is 0.191. The van der Waals surface area contributed by atoms with Crippen molar-refractivity contribution >= 4 is 31.8 Å². The van der Waals surface area contributed by atoms with Crippen molar-refractivity contribution in [3.05, 3.63) is 0 Å². The van der Waals surface area contributed by atoms with Gasteiger partial charge in [-0.05, 0) is 34.6 Å². The molecule has 1 aliphatic heterocycles. The van der Waals surface area contributed by atoms with Crippen LogP contribution in [-0.4, -0.2) is 38.9 Å². The van der Waals surface area contributed by atoms with Crippen LogP contribution in [0.5, 0.6) is 0 Å². The van der Waals surface area contributed by atoms with Gasteiger partial charge in [0.25, 0.3) is 0 Å². The summed E-state index contributed by atoms with van der Waals surface area (Å²) in [5.41, 5.74) is 0.235. The smallest absolute Gasteiger partial charge is 0.0851 e. The Morgan fingerprint density at radius 3 is 2.13 bits per heavy atom. The zero-order valence-corrected chi connectivity index (χ0v) is 13.7. The van der Waals surface area contributed by atoms with Crippen molar-refractivity contribution in [2.24, 2.45) is 0 Å². The molecular formula is C11H23INOP. The Morgan fingerprint density at radius 2 is 1.73 bits per heavy atom. The van der Waals surface area contributed by atoms with Crippen molar-refractivity contribution in [3.8, 4) is 0 Å². The Hall–Kier alpha value is 1.08. The highest BCUT2D eigenvalue weighted by molar-refractivity contribution is 14.1. The number of hydrogen-bond donors (Lipinski definition) is 0. The third kappa shape index (κ3) is 4.10. The van der Waals surface area contributed by atoms with E-state index in [2.05, 4.69) is 71.3 Å². The average molecular weight is 343 g/mol. The van der Waals surface area contributed by atoms with Crippen molar-refractivity contribution in [2.75, 3.05) is 13.1 Å². The summed E-state index contributed by atoms with van der Waals surface area (Å²) in [4.78, 5) is 2.51. The van der Waals surface area contributed by atoms with E-state index in [4.69, 9.17) is 4.74 Å². The molecule has 0 aromatic carbocycles. The van der Waals surface area contributed by atoms with Crippen LogP contribution in [0.2, 0.25) is 0 Å². The van der Waals surface area contributed by atoms with Crippen LogP contribution in [0.1, 0.15) is 34.6 Å². The van der Waals surface area contributed by atoms with Gasteiger partial charge in [-0.15, -0.1) is 9.24 Å². The van der Waals surface area contributed by atoms with E-state index in [1.165, 1.54) is 0 Å².